The van der Waals surface area contributed by atoms with Crippen molar-refractivity contribution in [3.63, 3.8) is 0 Å². The number of nitrogens with one attached hydrogen (secondary N) is 1. The molecule has 0 radical (unpaired) electrons. The summed E-state index contributed by atoms with van der Waals surface area (Å²) in [6.45, 7) is 3.45. The SMILES string of the molecule is CC(CN1CCCC1=O)NC1CS(=O)(=O)c2ccccc21. The Hall–Kier alpha value is -1.40. The minimum atomic E-state index is -3.18. The van der Waals surface area contributed by atoms with E-state index in [-0.39, 0.29) is 23.7 Å². The van der Waals surface area contributed by atoms with Crippen LogP contribution in [0.5, 0.6) is 0 Å². The van der Waals surface area contributed by atoms with Crippen molar-refractivity contribution in [3.05, 3.63) is 29.8 Å². The second-order valence-corrected chi connectivity index (χ2v) is 7.89. The molecule has 1 amide bonds. The summed E-state index contributed by atoms with van der Waals surface area (Å²) in [5.41, 5.74) is 0.845. The molecule has 0 bridgehead atoms. The molecule has 2 heterocycles. The van der Waals surface area contributed by atoms with E-state index in [9.17, 15) is 13.2 Å². The maximum Gasteiger partial charge on any atom is 0.222 e. The Morgan fingerprint density at radius 2 is 2.14 bits per heavy atom. The molecule has 1 aromatic carbocycles. The second-order valence-electron chi connectivity index (χ2n) is 5.88. The van der Waals surface area contributed by atoms with E-state index in [1.807, 2.05) is 24.0 Å². The van der Waals surface area contributed by atoms with Crippen LogP contribution in [0.15, 0.2) is 29.2 Å². The molecule has 6 heteroatoms. The van der Waals surface area contributed by atoms with Gasteiger partial charge in [0.25, 0.3) is 0 Å². The molecular formula is C15H20N2O3S. The van der Waals surface area contributed by atoms with E-state index in [2.05, 4.69) is 5.32 Å². The molecule has 2 aliphatic rings. The van der Waals surface area contributed by atoms with E-state index in [0.29, 0.717) is 17.9 Å². The van der Waals surface area contributed by atoms with Crippen LogP contribution in [0, 0.1) is 0 Å². The summed E-state index contributed by atoms with van der Waals surface area (Å²) >= 11 is 0. The van der Waals surface area contributed by atoms with E-state index in [1.54, 1.807) is 12.1 Å². The Kier molecular flexibility index (Phi) is 3.75. The molecule has 2 atom stereocenters. The first kappa shape index (κ1) is 14.5. The third kappa shape index (κ3) is 2.82. The highest BCUT2D eigenvalue weighted by Crippen LogP contribution is 2.33. The fraction of sp³-hybridized carbons (Fsp3) is 0.533. The maximum absolute atomic E-state index is 12.1. The smallest absolute Gasteiger partial charge is 0.222 e. The molecule has 21 heavy (non-hydrogen) atoms. The van der Waals surface area contributed by atoms with Gasteiger partial charge < -0.3 is 10.2 Å². The third-order valence-electron chi connectivity index (χ3n) is 4.17. The minimum Gasteiger partial charge on any atom is -0.341 e. The average molecular weight is 308 g/mol. The van der Waals surface area contributed by atoms with Gasteiger partial charge in [0.2, 0.25) is 5.91 Å². The van der Waals surface area contributed by atoms with Crippen LogP contribution in [-0.2, 0) is 14.6 Å². The molecule has 1 fully saturated rings. The Bertz CT molecular complexity index is 657. The van der Waals surface area contributed by atoms with E-state index in [1.165, 1.54) is 0 Å². The highest BCUT2D eigenvalue weighted by atomic mass is 32.2. The van der Waals surface area contributed by atoms with Gasteiger partial charge in [-0.15, -0.1) is 0 Å². The summed E-state index contributed by atoms with van der Waals surface area (Å²) in [5, 5.41) is 3.37. The zero-order chi connectivity index (χ0) is 15.0. The predicted octanol–water partition coefficient (Wildman–Crippen LogP) is 1.12. The van der Waals surface area contributed by atoms with Gasteiger partial charge in [-0.1, -0.05) is 18.2 Å². The number of hydrogen-bond donors (Lipinski definition) is 1. The standard InChI is InChI=1S/C15H20N2O3S/c1-11(9-17-8-4-7-15(17)18)16-13-10-21(19,20)14-6-3-2-5-12(13)14/h2-3,5-6,11,13,16H,4,7-10H2,1H3. The molecule has 114 valence electrons. The van der Waals surface area contributed by atoms with E-state index < -0.39 is 9.84 Å². The summed E-state index contributed by atoms with van der Waals surface area (Å²) in [6.07, 6.45) is 1.56. The van der Waals surface area contributed by atoms with Crippen molar-refractivity contribution in [2.45, 2.75) is 36.7 Å². The van der Waals surface area contributed by atoms with Crippen molar-refractivity contribution in [2.75, 3.05) is 18.8 Å². The summed E-state index contributed by atoms with van der Waals surface area (Å²) < 4.78 is 24.3. The normalized spacial score (nSPS) is 25.1. The molecule has 2 unspecified atom stereocenters. The van der Waals surface area contributed by atoms with Crippen molar-refractivity contribution in [3.8, 4) is 0 Å². The lowest BCUT2D eigenvalue weighted by atomic mass is 10.1. The third-order valence-corrected chi connectivity index (χ3v) is 5.98. The van der Waals surface area contributed by atoms with Crippen LogP contribution >= 0.6 is 0 Å². The van der Waals surface area contributed by atoms with Crippen LogP contribution in [0.4, 0.5) is 0 Å². The van der Waals surface area contributed by atoms with Gasteiger partial charge in [0.15, 0.2) is 9.84 Å². The number of sulfone groups is 1. The zero-order valence-corrected chi connectivity index (χ0v) is 12.9. The lowest BCUT2D eigenvalue weighted by Crippen LogP contribution is -2.41. The number of carbonyl (C=O) groups is 1. The molecule has 0 aliphatic carbocycles. The number of rotatable bonds is 4. The van der Waals surface area contributed by atoms with Gasteiger partial charge in [0, 0.05) is 31.6 Å². The number of fused-ring (bicyclic) bond motifs is 1. The Labute approximate surface area is 125 Å². The van der Waals surface area contributed by atoms with Crippen LogP contribution < -0.4 is 5.32 Å². The summed E-state index contributed by atoms with van der Waals surface area (Å²) in [4.78, 5) is 13.9. The fourth-order valence-corrected chi connectivity index (χ4v) is 4.96. The first-order valence-electron chi connectivity index (χ1n) is 7.33. The van der Waals surface area contributed by atoms with Gasteiger partial charge in [0.05, 0.1) is 10.6 Å². The van der Waals surface area contributed by atoms with Gasteiger partial charge in [-0.3, -0.25) is 4.79 Å². The van der Waals surface area contributed by atoms with Crippen LogP contribution in [0.3, 0.4) is 0 Å². The van der Waals surface area contributed by atoms with Gasteiger partial charge in [-0.05, 0) is 25.0 Å². The predicted molar refractivity (Wildman–Crippen MR) is 79.6 cm³/mol. The van der Waals surface area contributed by atoms with Crippen LogP contribution in [-0.4, -0.2) is 44.1 Å². The van der Waals surface area contributed by atoms with Crippen LogP contribution in [0.2, 0.25) is 0 Å². The van der Waals surface area contributed by atoms with Crippen molar-refractivity contribution in [1.82, 2.24) is 10.2 Å². The summed E-state index contributed by atoms with van der Waals surface area (Å²) in [5.74, 6) is 0.299. The fourth-order valence-electron chi connectivity index (χ4n) is 3.21. The van der Waals surface area contributed by atoms with Gasteiger partial charge >= 0.3 is 0 Å². The zero-order valence-electron chi connectivity index (χ0n) is 12.1. The maximum atomic E-state index is 12.1. The van der Waals surface area contributed by atoms with E-state index in [0.717, 1.165) is 18.5 Å². The number of likely N-dealkylation sites (tertiary alicyclic amines) is 1. The number of carbonyl (C=O) groups excluding carboxylic acids is 1. The van der Waals surface area contributed by atoms with Gasteiger partial charge in [-0.2, -0.15) is 0 Å². The first-order valence-corrected chi connectivity index (χ1v) is 8.98. The summed E-state index contributed by atoms with van der Waals surface area (Å²) in [7, 11) is -3.18. The largest absolute Gasteiger partial charge is 0.341 e. The Morgan fingerprint density at radius 3 is 2.86 bits per heavy atom. The number of hydrogen-bond acceptors (Lipinski definition) is 4. The number of benzene rings is 1. The molecule has 0 aromatic heterocycles. The highest BCUT2D eigenvalue weighted by Gasteiger charge is 2.35. The molecule has 0 saturated carbocycles. The molecule has 0 spiro atoms. The van der Waals surface area contributed by atoms with Gasteiger partial charge in [0.1, 0.15) is 0 Å². The van der Waals surface area contributed by atoms with Crippen molar-refractivity contribution in [1.29, 1.82) is 0 Å². The monoisotopic (exact) mass is 308 g/mol. The van der Waals surface area contributed by atoms with Crippen LogP contribution in [0.25, 0.3) is 0 Å². The highest BCUT2D eigenvalue weighted by molar-refractivity contribution is 7.91. The molecule has 1 aromatic rings. The molecule has 2 aliphatic heterocycles. The topological polar surface area (TPSA) is 66.5 Å². The average Bonchev–Trinajstić information content (AvgIpc) is 2.93. The molecule has 3 rings (SSSR count). The lowest BCUT2D eigenvalue weighted by Gasteiger charge is -2.24. The van der Waals surface area contributed by atoms with Crippen LogP contribution in [0.1, 0.15) is 31.4 Å². The summed E-state index contributed by atoms with van der Waals surface area (Å²) in [6, 6.07) is 7.04. The van der Waals surface area contributed by atoms with Crippen molar-refractivity contribution >= 4 is 15.7 Å². The van der Waals surface area contributed by atoms with Gasteiger partial charge in [-0.25, -0.2) is 8.42 Å². The quantitative estimate of drug-likeness (QED) is 0.905. The molecule has 1 N–H and O–H groups in total. The van der Waals surface area contributed by atoms with E-state index >= 15 is 0 Å². The van der Waals surface area contributed by atoms with Crippen molar-refractivity contribution in [2.24, 2.45) is 0 Å². The Balaban J connectivity index is 1.70. The number of nitrogens with zero attached hydrogens (tertiary/aromatic N) is 1. The molecule has 1 saturated heterocycles. The van der Waals surface area contributed by atoms with E-state index in [4.69, 9.17) is 0 Å². The lowest BCUT2D eigenvalue weighted by molar-refractivity contribution is -0.127. The Morgan fingerprint density at radius 1 is 1.38 bits per heavy atom. The van der Waals surface area contributed by atoms with Crippen molar-refractivity contribution < 1.29 is 13.2 Å². The number of amides is 1. The minimum absolute atomic E-state index is 0.0680. The first-order chi connectivity index (χ1) is 9.97. The molecule has 5 nitrogen and oxygen atoms in total. The second kappa shape index (κ2) is 5.42. The molecular weight excluding hydrogens is 288 g/mol.